The molecule has 1 aromatic carbocycles. The van der Waals surface area contributed by atoms with Crippen molar-refractivity contribution >= 4 is 17.8 Å². The van der Waals surface area contributed by atoms with Crippen LogP contribution < -0.4 is 10.6 Å². The predicted molar refractivity (Wildman–Crippen MR) is 114 cm³/mol. The van der Waals surface area contributed by atoms with Gasteiger partial charge in [-0.05, 0) is 29.8 Å². The molecule has 2 aliphatic rings. The van der Waals surface area contributed by atoms with Gasteiger partial charge in [-0.15, -0.1) is 6.58 Å². The number of benzene rings is 1. The fraction of sp³-hybridized carbons (Fsp3) is 0.217. The standard InChI is InChI=1S/C23H22FN5O3/c1-2-11-29-18-13-28(14-19(30)26-12-17-5-3-4-10-25-17)22(31)20(18)21(27-23(29)32)15-6-8-16(24)9-7-15/h2-10,21H,1,11-14H2,(H,26,30)(H,27,32)/t21-/m1/s1. The number of amides is 4. The molecule has 2 aromatic rings. The minimum atomic E-state index is -0.728. The Morgan fingerprint density at radius 1 is 1.25 bits per heavy atom. The smallest absolute Gasteiger partial charge is 0.322 e. The van der Waals surface area contributed by atoms with E-state index in [1.165, 1.54) is 34.1 Å². The Kier molecular flexibility index (Phi) is 5.98. The van der Waals surface area contributed by atoms with Crippen LogP contribution in [0.3, 0.4) is 0 Å². The molecule has 0 bridgehead atoms. The molecule has 4 rings (SSSR count). The number of carbonyl (C=O) groups is 3. The van der Waals surface area contributed by atoms with Crippen molar-refractivity contribution < 1.29 is 18.8 Å². The highest BCUT2D eigenvalue weighted by molar-refractivity contribution is 6.03. The van der Waals surface area contributed by atoms with Crippen LogP contribution in [-0.2, 0) is 16.1 Å². The fourth-order valence-electron chi connectivity index (χ4n) is 3.82. The van der Waals surface area contributed by atoms with E-state index in [1.54, 1.807) is 24.4 Å². The van der Waals surface area contributed by atoms with E-state index in [4.69, 9.17) is 0 Å². The number of aromatic nitrogens is 1. The van der Waals surface area contributed by atoms with Gasteiger partial charge >= 0.3 is 6.03 Å². The monoisotopic (exact) mass is 435 g/mol. The number of carbonyl (C=O) groups excluding carboxylic acids is 3. The van der Waals surface area contributed by atoms with E-state index in [0.717, 1.165) is 0 Å². The van der Waals surface area contributed by atoms with Gasteiger partial charge in [-0.1, -0.05) is 24.3 Å². The van der Waals surface area contributed by atoms with Crippen LogP contribution in [-0.4, -0.2) is 52.3 Å². The summed E-state index contributed by atoms with van der Waals surface area (Å²) in [5.74, 6) is -1.10. The van der Waals surface area contributed by atoms with E-state index in [-0.39, 0.29) is 44.0 Å². The van der Waals surface area contributed by atoms with Gasteiger partial charge in [-0.2, -0.15) is 0 Å². The third-order valence-electron chi connectivity index (χ3n) is 5.34. The number of halogens is 1. The molecule has 8 nitrogen and oxygen atoms in total. The quantitative estimate of drug-likeness (QED) is 0.650. The highest BCUT2D eigenvalue weighted by atomic mass is 19.1. The van der Waals surface area contributed by atoms with Crippen molar-refractivity contribution in [1.82, 2.24) is 25.4 Å². The summed E-state index contributed by atoms with van der Waals surface area (Å²) in [5, 5.41) is 5.57. The van der Waals surface area contributed by atoms with Gasteiger partial charge in [-0.3, -0.25) is 19.5 Å². The van der Waals surface area contributed by atoms with Gasteiger partial charge < -0.3 is 15.5 Å². The second-order valence-corrected chi connectivity index (χ2v) is 7.45. The molecule has 32 heavy (non-hydrogen) atoms. The first-order chi connectivity index (χ1) is 15.5. The van der Waals surface area contributed by atoms with Crippen LogP contribution in [0.1, 0.15) is 17.3 Å². The molecule has 2 aliphatic heterocycles. The molecule has 0 unspecified atom stereocenters. The lowest BCUT2D eigenvalue weighted by Crippen LogP contribution is -2.47. The lowest BCUT2D eigenvalue weighted by molar-refractivity contribution is -0.132. The first-order valence-corrected chi connectivity index (χ1v) is 10.1. The van der Waals surface area contributed by atoms with Crippen molar-refractivity contribution in [3.63, 3.8) is 0 Å². The number of urea groups is 1. The van der Waals surface area contributed by atoms with Crippen LogP contribution in [0, 0.1) is 5.82 Å². The topological polar surface area (TPSA) is 94.6 Å². The molecule has 0 radical (unpaired) electrons. The maximum absolute atomic E-state index is 13.4. The minimum Gasteiger partial charge on any atom is -0.349 e. The lowest BCUT2D eigenvalue weighted by atomic mass is 9.95. The highest BCUT2D eigenvalue weighted by Gasteiger charge is 2.44. The molecular formula is C23H22FN5O3. The summed E-state index contributed by atoms with van der Waals surface area (Å²) in [6, 6.07) is 9.91. The first-order valence-electron chi connectivity index (χ1n) is 10.1. The second-order valence-electron chi connectivity index (χ2n) is 7.45. The molecule has 4 amide bonds. The molecule has 0 saturated heterocycles. The molecule has 164 valence electrons. The summed E-state index contributed by atoms with van der Waals surface area (Å²) in [6.45, 7) is 4.09. The zero-order chi connectivity index (χ0) is 22.7. The van der Waals surface area contributed by atoms with Crippen LogP contribution in [0.2, 0.25) is 0 Å². The fourth-order valence-corrected chi connectivity index (χ4v) is 3.82. The third kappa shape index (κ3) is 4.22. The molecule has 1 aromatic heterocycles. The summed E-state index contributed by atoms with van der Waals surface area (Å²) in [4.78, 5) is 45.4. The summed E-state index contributed by atoms with van der Waals surface area (Å²) >= 11 is 0. The van der Waals surface area contributed by atoms with E-state index in [1.807, 2.05) is 6.07 Å². The molecule has 0 fully saturated rings. The maximum Gasteiger partial charge on any atom is 0.322 e. The Bertz CT molecular complexity index is 1080. The summed E-state index contributed by atoms with van der Waals surface area (Å²) in [7, 11) is 0. The van der Waals surface area contributed by atoms with E-state index in [9.17, 15) is 18.8 Å². The number of nitrogens with one attached hydrogen (secondary N) is 2. The molecular weight excluding hydrogens is 413 g/mol. The Balaban J connectivity index is 1.53. The van der Waals surface area contributed by atoms with Crippen LogP contribution >= 0.6 is 0 Å². The van der Waals surface area contributed by atoms with Gasteiger partial charge in [0.25, 0.3) is 5.91 Å². The normalized spacial score (nSPS) is 17.8. The molecule has 3 heterocycles. The summed E-state index contributed by atoms with van der Waals surface area (Å²) in [5.41, 5.74) is 2.18. The van der Waals surface area contributed by atoms with Crippen LogP contribution in [0.15, 0.2) is 72.6 Å². The van der Waals surface area contributed by atoms with E-state index >= 15 is 0 Å². The van der Waals surface area contributed by atoms with Crippen LogP contribution in [0.4, 0.5) is 9.18 Å². The Labute approximate surface area is 184 Å². The number of hydrogen-bond acceptors (Lipinski definition) is 4. The highest BCUT2D eigenvalue weighted by Crippen LogP contribution is 2.36. The zero-order valence-electron chi connectivity index (χ0n) is 17.3. The van der Waals surface area contributed by atoms with E-state index in [2.05, 4.69) is 22.2 Å². The van der Waals surface area contributed by atoms with Gasteiger partial charge in [-0.25, -0.2) is 9.18 Å². The van der Waals surface area contributed by atoms with Gasteiger partial charge in [0.2, 0.25) is 5.91 Å². The Morgan fingerprint density at radius 2 is 2.03 bits per heavy atom. The van der Waals surface area contributed by atoms with Gasteiger partial charge in [0.15, 0.2) is 0 Å². The average molecular weight is 435 g/mol. The number of hydrogen-bond donors (Lipinski definition) is 2. The molecule has 0 spiro atoms. The molecule has 0 aliphatic carbocycles. The number of pyridine rings is 1. The van der Waals surface area contributed by atoms with Crippen molar-refractivity contribution in [3.05, 3.63) is 89.7 Å². The largest absolute Gasteiger partial charge is 0.349 e. The molecule has 9 heteroatoms. The van der Waals surface area contributed by atoms with Gasteiger partial charge in [0, 0.05) is 12.7 Å². The zero-order valence-corrected chi connectivity index (χ0v) is 17.3. The average Bonchev–Trinajstić information content (AvgIpc) is 3.11. The first kappa shape index (κ1) is 21.2. The Hall–Kier alpha value is -4.01. The van der Waals surface area contributed by atoms with Crippen molar-refractivity contribution in [1.29, 1.82) is 0 Å². The summed E-state index contributed by atoms with van der Waals surface area (Å²) < 4.78 is 13.4. The molecule has 1 atom stereocenters. The molecule has 2 N–H and O–H groups in total. The predicted octanol–water partition coefficient (Wildman–Crippen LogP) is 1.89. The third-order valence-corrected chi connectivity index (χ3v) is 5.34. The van der Waals surface area contributed by atoms with Gasteiger partial charge in [0.1, 0.15) is 12.4 Å². The van der Waals surface area contributed by atoms with E-state index in [0.29, 0.717) is 22.5 Å². The second kappa shape index (κ2) is 9.01. The van der Waals surface area contributed by atoms with Crippen LogP contribution in [0.5, 0.6) is 0 Å². The van der Waals surface area contributed by atoms with Crippen molar-refractivity contribution in [2.75, 3.05) is 19.6 Å². The molecule has 0 saturated carbocycles. The van der Waals surface area contributed by atoms with Crippen molar-refractivity contribution in [2.45, 2.75) is 12.6 Å². The summed E-state index contributed by atoms with van der Waals surface area (Å²) in [6.07, 6.45) is 3.20. The van der Waals surface area contributed by atoms with Crippen molar-refractivity contribution in [3.8, 4) is 0 Å². The number of nitrogens with zero attached hydrogens (tertiary/aromatic N) is 3. The maximum atomic E-state index is 13.4. The SMILES string of the molecule is C=CCN1C(=O)N[C@H](c2ccc(F)cc2)C2=C1CN(CC(=O)NCc1ccccn1)C2=O. The lowest BCUT2D eigenvalue weighted by Gasteiger charge is -2.33. The van der Waals surface area contributed by atoms with E-state index < -0.39 is 11.9 Å². The van der Waals surface area contributed by atoms with Crippen molar-refractivity contribution in [2.24, 2.45) is 0 Å². The Morgan fingerprint density at radius 3 is 2.72 bits per heavy atom. The number of rotatable bonds is 7. The van der Waals surface area contributed by atoms with Crippen LogP contribution in [0.25, 0.3) is 0 Å². The minimum absolute atomic E-state index is 0.115. The van der Waals surface area contributed by atoms with Gasteiger partial charge in [0.05, 0.1) is 36.1 Å².